The largest absolute Gasteiger partial charge is 0.305 e. The molecule has 0 aliphatic rings. The van der Waals surface area contributed by atoms with Gasteiger partial charge in [-0.05, 0) is 84.6 Å². The first-order chi connectivity index (χ1) is 9.37. The van der Waals surface area contributed by atoms with Crippen molar-refractivity contribution in [2.24, 2.45) is 0 Å². The van der Waals surface area contributed by atoms with Crippen molar-refractivity contribution >= 4 is 17.1 Å². The molecule has 0 bridgehead atoms. The van der Waals surface area contributed by atoms with E-state index in [0.29, 0.717) is 0 Å². The predicted molar refractivity (Wildman–Crippen MR) is 98.4 cm³/mol. The Labute approximate surface area is 135 Å². The Morgan fingerprint density at radius 3 is 0.619 bits per heavy atom. The number of nitrogens with zero attached hydrogens (tertiary/aromatic N) is 6. The molecule has 0 atom stereocenters. The molecule has 0 aromatic heterocycles. The van der Waals surface area contributed by atoms with Gasteiger partial charge in [0.2, 0.25) is 0 Å². The molecule has 0 aromatic carbocycles. The van der Waals surface area contributed by atoms with Crippen molar-refractivity contribution in [3.8, 4) is 0 Å². The van der Waals surface area contributed by atoms with Crippen LogP contribution in [0, 0.1) is 0 Å². The van der Waals surface area contributed by atoms with E-state index >= 15 is 0 Å². The molecule has 0 amide bonds. The van der Waals surface area contributed by atoms with E-state index in [1.807, 2.05) is 0 Å². The first-order valence-corrected chi connectivity index (χ1v) is 11.5. The molecule has 128 valence electrons. The predicted octanol–water partition coefficient (Wildman–Crippen LogP) is -0.227. The second-order valence-electron chi connectivity index (χ2n) is 7.09. The van der Waals surface area contributed by atoms with Crippen LogP contribution in [0.3, 0.4) is 0 Å². The van der Waals surface area contributed by atoms with Crippen LogP contribution in [0.1, 0.15) is 0 Å². The van der Waals surface area contributed by atoms with Crippen molar-refractivity contribution in [1.29, 1.82) is 0 Å². The third-order valence-electron chi connectivity index (χ3n) is 4.77. The van der Waals surface area contributed by atoms with Crippen LogP contribution in [0.25, 0.3) is 0 Å². The highest BCUT2D eigenvalue weighted by molar-refractivity contribution is 6.89. The van der Waals surface area contributed by atoms with Gasteiger partial charge in [0.05, 0.1) is 0 Å². The van der Waals surface area contributed by atoms with Crippen LogP contribution >= 0.6 is 0 Å². The zero-order valence-corrected chi connectivity index (χ0v) is 18.4. The van der Waals surface area contributed by atoms with Gasteiger partial charge < -0.3 is 27.4 Å². The van der Waals surface area contributed by atoms with Crippen LogP contribution in [0.15, 0.2) is 0 Å². The standard InChI is InChI=1S/C13H38N6Si2/c1-14(2)20(15(3)4,16(5)6)13-21(17(7)8,18(9)10)19(11)12/h13H2,1-12H3. The van der Waals surface area contributed by atoms with E-state index in [1.54, 1.807) is 0 Å². The molecular formula is C13H38N6Si2. The Kier molecular flexibility index (Phi) is 7.72. The second kappa shape index (κ2) is 7.65. The van der Waals surface area contributed by atoms with Gasteiger partial charge in [0.15, 0.2) is 0 Å². The van der Waals surface area contributed by atoms with Gasteiger partial charge in [0.1, 0.15) is 0 Å². The monoisotopic (exact) mass is 334 g/mol. The molecule has 0 N–H and O–H groups in total. The summed E-state index contributed by atoms with van der Waals surface area (Å²) in [5.41, 5.74) is 1.19. The molecule has 0 saturated heterocycles. The molecule has 8 heteroatoms. The number of hydrogen-bond donors (Lipinski definition) is 0. The van der Waals surface area contributed by atoms with E-state index in [2.05, 4.69) is 112 Å². The van der Waals surface area contributed by atoms with Crippen molar-refractivity contribution < 1.29 is 0 Å². The Bertz CT molecular complexity index is 244. The lowest BCUT2D eigenvalue weighted by Crippen LogP contribution is -2.80. The lowest BCUT2D eigenvalue weighted by molar-refractivity contribution is 0.349. The van der Waals surface area contributed by atoms with Crippen LogP contribution in [-0.2, 0) is 0 Å². The molecule has 0 fully saturated rings. The maximum absolute atomic E-state index is 2.46. The van der Waals surface area contributed by atoms with Crippen LogP contribution in [0.4, 0.5) is 0 Å². The summed E-state index contributed by atoms with van der Waals surface area (Å²) in [6, 6.07) is 0. The molecule has 0 spiro atoms. The summed E-state index contributed by atoms with van der Waals surface area (Å²) in [4.78, 5) is 0. The number of hydrogen-bond acceptors (Lipinski definition) is 6. The van der Waals surface area contributed by atoms with Gasteiger partial charge in [-0.2, -0.15) is 0 Å². The molecule has 0 aliphatic heterocycles. The van der Waals surface area contributed by atoms with Crippen LogP contribution < -0.4 is 0 Å². The number of rotatable bonds is 8. The molecule has 0 radical (unpaired) electrons. The Hall–Kier alpha value is 0.194. The molecule has 0 aromatic rings. The first-order valence-electron chi connectivity index (χ1n) is 7.42. The minimum Gasteiger partial charge on any atom is -0.305 e. The maximum Gasteiger partial charge on any atom is 0.289 e. The van der Waals surface area contributed by atoms with E-state index in [1.165, 1.54) is 5.67 Å². The topological polar surface area (TPSA) is 19.4 Å². The van der Waals surface area contributed by atoms with Crippen molar-refractivity contribution in [2.75, 3.05) is 84.6 Å². The summed E-state index contributed by atoms with van der Waals surface area (Å²) in [7, 11) is 22.9. The van der Waals surface area contributed by atoms with Gasteiger partial charge in [-0.15, -0.1) is 0 Å². The molecular weight excluding hydrogens is 296 g/mol. The molecule has 0 aliphatic carbocycles. The molecule has 0 heterocycles. The summed E-state index contributed by atoms with van der Waals surface area (Å²) in [5, 5.41) is 0. The van der Waals surface area contributed by atoms with E-state index in [9.17, 15) is 0 Å². The fourth-order valence-corrected chi connectivity index (χ4v) is 18.6. The van der Waals surface area contributed by atoms with Gasteiger partial charge in [0.25, 0.3) is 17.1 Å². The minimum absolute atomic E-state index is 1.19. The third kappa shape index (κ3) is 3.75. The SMILES string of the molecule is CN(C)[Si](C[Si](N(C)C)(N(C)C)N(C)C)(N(C)C)N(C)C. The quantitative estimate of drug-likeness (QED) is 0.567. The zero-order valence-electron chi connectivity index (χ0n) is 16.4. The fourth-order valence-electron chi connectivity index (χ4n) is 3.67. The molecule has 6 nitrogen and oxygen atoms in total. The smallest absolute Gasteiger partial charge is 0.289 e. The lowest BCUT2D eigenvalue weighted by Gasteiger charge is -2.55. The Balaban J connectivity index is 6.06. The maximum atomic E-state index is 2.46. The molecule has 0 rings (SSSR count). The van der Waals surface area contributed by atoms with Crippen molar-refractivity contribution in [3.63, 3.8) is 0 Å². The van der Waals surface area contributed by atoms with Crippen molar-refractivity contribution in [2.45, 2.75) is 5.67 Å². The van der Waals surface area contributed by atoms with E-state index in [-0.39, 0.29) is 0 Å². The van der Waals surface area contributed by atoms with Crippen LogP contribution in [-0.4, -0.2) is 129 Å². The normalized spacial score (nSPS) is 14.6. The summed E-state index contributed by atoms with van der Waals surface area (Å²) in [6.07, 6.45) is 0. The van der Waals surface area contributed by atoms with E-state index in [4.69, 9.17) is 0 Å². The lowest BCUT2D eigenvalue weighted by atomic mass is 11.2. The van der Waals surface area contributed by atoms with Crippen molar-refractivity contribution in [3.05, 3.63) is 0 Å². The Morgan fingerprint density at radius 2 is 0.524 bits per heavy atom. The van der Waals surface area contributed by atoms with E-state index in [0.717, 1.165) is 0 Å². The second-order valence-corrected chi connectivity index (χ2v) is 17.0. The Morgan fingerprint density at radius 1 is 0.381 bits per heavy atom. The molecule has 21 heavy (non-hydrogen) atoms. The van der Waals surface area contributed by atoms with Gasteiger partial charge in [0, 0.05) is 5.67 Å². The van der Waals surface area contributed by atoms with Gasteiger partial charge in [-0.25, -0.2) is 0 Å². The summed E-state index contributed by atoms with van der Waals surface area (Å²) < 4.78 is 14.8. The highest BCUT2D eigenvalue weighted by atomic mass is 28.4. The van der Waals surface area contributed by atoms with Gasteiger partial charge >= 0.3 is 0 Å². The first kappa shape index (κ1) is 21.2. The molecule has 0 saturated carbocycles. The van der Waals surface area contributed by atoms with Crippen LogP contribution in [0.2, 0.25) is 5.67 Å². The van der Waals surface area contributed by atoms with E-state index < -0.39 is 17.1 Å². The average Bonchev–Trinajstić information content (AvgIpc) is 2.26. The minimum atomic E-state index is -1.91. The van der Waals surface area contributed by atoms with Gasteiger partial charge in [-0.3, -0.25) is 0 Å². The van der Waals surface area contributed by atoms with Crippen LogP contribution in [0.5, 0.6) is 0 Å². The highest BCUT2D eigenvalue weighted by Gasteiger charge is 2.55. The molecule has 0 unspecified atom stereocenters. The summed E-state index contributed by atoms with van der Waals surface area (Å²) in [5.74, 6) is 0. The van der Waals surface area contributed by atoms with Gasteiger partial charge in [-0.1, -0.05) is 0 Å². The third-order valence-corrected chi connectivity index (χ3v) is 17.2. The van der Waals surface area contributed by atoms with Crippen molar-refractivity contribution in [1.82, 2.24) is 27.4 Å². The average molecular weight is 335 g/mol. The summed E-state index contributed by atoms with van der Waals surface area (Å²) >= 11 is 0. The fraction of sp³-hybridized carbons (Fsp3) is 1.00. The zero-order chi connectivity index (χ0) is 17.2. The highest BCUT2D eigenvalue weighted by Crippen LogP contribution is 2.28. The summed E-state index contributed by atoms with van der Waals surface area (Å²) in [6.45, 7) is 0.